The first-order valence-electron chi connectivity index (χ1n) is 8.51. The van der Waals surface area contributed by atoms with Crippen LogP contribution in [0.3, 0.4) is 0 Å². The van der Waals surface area contributed by atoms with Crippen LogP contribution in [0.25, 0.3) is 15.7 Å². The molecule has 0 saturated carbocycles. The molecule has 0 fully saturated rings. The zero-order chi connectivity index (χ0) is 18.8. The summed E-state index contributed by atoms with van der Waals surface area (Å²) in [5.74, 6) is 0.644. The van der Waals surface area contributed by atoms with E-state index in [2.05, 4.69) is 33.0 Å². The highest BCUT2D eigenvalue weighted by atomic mass is 32.2. The lowest BCUT2D eigenvalue weighted by atomic mass is 10.2. The fraction of sp³-hybridized carbons (Fsp3) is 0.211. The first-order chi connectivity index (χ1) is 13.2. The second kappa shape index (κ2) is 7.58. The van der Waals surface area contributed by atoms with Crippen LogP contribution in [0.15, 0.2) is 53.1 Å². The Morgan fingerprint density at radius 2 is 2.22 bits per heavy atom. The Morgan fingerprint density at radius 1 is 1.33 bits per heavy atom. The molecule has 3 heterocycles. The van der Waals surface area contributed by atoms with Crippen molar-refractivity contribution in [1.82, 2.24) is 14.6 Å². The highest BCUT2D eigenvalue weighted by Crippen LogP contribution is 2.32. The highest BCUT2D eigenvalue weighted by molar-refractivity contribution is 8.00. The minimum atomic E-state index is -0.273. The van der Waals surface area contributed by atoms with E-state index in [9.17, 15) is 4.79 Å². The van der Waals surface area contributed by atoms with Crippen LogP contribution in [0.2, 0.25) is 0 Å². The van der Waals surface area contributed by atoms with Crippen molar-refractivity contribution in [3.8, 4) is 5.75 Å². The van der Waals surface area contributed by atoms with Crippen LogP contribution in [0, 0.1) is 0 Å². The number of fused-ring (bicyclic) bond motifs is 3. The van der Waals surface area contributed by atoms with Crippen molar-refractivity contribution in [3.63, 3.8) is 0 Å². The van der Waals surface area contributed by atoms with Crippen molar-refractivity contribution < 1.29 is 9.53 Å². The number of methoxy groups -OCH3 is 1. The number of benzene rings is 1. The molecule has 4 aromatic rings. The average Bonchev–Trinajstić information content (AvgIpc) is 3.28. The number of carbonyl (C=O) groups excluding carboxylic acids is 1. The minimum Gasteiger partial charge on any atom is -0.497 e. The molecule has 0 spiro atoms. The summed E-state index contributed by atoms with van der Waals surface area (Å²) in [6.45, 7) is 1.99. The molecule has 0 aliphatic rings. The van der Waals surface area contributed by atoms with Crippen molar-refractivity contribution in [2.24, 2.45) is 0 Å². The smallest absolute Gasteiger partial charge is 0.237 e. The van der Waals surface area contributed by atoms with Crippen LogP contribution >= 0.6 is 23.1 Å². The molecular formula is C19H18N4O2S2. The fourth-order valence-electron chi connectivity index (χ4n) is 2.88. The fourth-order valence-corrected chi connectivity index (χ4v) is 4.66. The van der Waals surface area contributed by atoms with Crippen molar-refractivity contribution in [2.45, 2.75) is 23.6 Å². The monoisotopic (exact) mass is 398 g/mol. The van der Waals surface area contributed by atoms with Crippen molar-refractivity contribution >= 4 is 50.4 Å². The Balaban J connectivity index is 1.58. The summed E-state index contributed by atoms with van der Waals surface area (Å²) in [6, 6.07) is 11.5. The molecule has 27 heavy (non-hydrogen) atoms. The number of aromatic nitrogens is 3. The van der Waals surface area contributed by atoms with Crippen molar-refractivity contribution in [1.29, 1.82) is 0 Å². The summed E-state index contributed by atoms with van der Waals surface area (Å²) < 4.78 is 8.41. The number of ether oxygens (including phenoxy) is 1. The van der Waals surface area contributed by atoms with E-state index < -0.39 is 0 Å². The maximum atomic E-state index is 12.8. The summed E-state index contributed by atoms with van der Waals surface area (Å²) >= 11 is 3.12. The van der Waals surface area contributed by atoms with E-state index in [4.69, 9.17) is 4.74 Å². The molecule has 1 aromatic carbocycles. The zero-order valence-corrected chi connectivity index (χ0v) is 16.5. The molecule has 1 N–H and O–H groups in total. The van der Waals surface area contributed by atoms with Crippen LogP contribution in [-0.2, 0) is 4.79 Å². The summed E-state index contributed by atoms with van der Waals surface area (Å²) in [5.41, 5.74) is 2.80. The van der Waals surface area contributed by atoms with Crippen LogP contribution in [0.5, 0.6) is 5.75 Å². The van der Waals surface area contributed by atoms with Crippen LogP contribution < -0.4 is 10.1 Å². The second-order valence-corrected chi connectivity index (χ2v) is 8.08. The van der Waals surface area contributed by atoms with E-state index in [0.29, 0.717) is 17.9 Å². The van der Waals surface area contributed by atoms with Gasteiger partial charge in [0.1, 0.15) is 17.1 Å². The van der Waals surface area contributed by atoms with E-state index in [1.807, 2.05) is 29.5 Å². The number of amides is 1. The van der Waals surface area contributed by atoms with E-state index >= 15 is 0 Å². The number of hydrogen-bond donors (Lipinski definition) is 1. The number of anilines is 1. The molecule has 3 aromatic heterocycles. The van der Waals surface area contributed by atoms with Gasteiger partial charge < -0.3 is 10.1 Å². The molecule has 0 radical (unpaired) electrons. The largest absolute Gasteiger partial charge is 0.497 e. The van der Waals surface area contributed by atoms with Crippen molar-refractivity contribution in [3.05, 3.63) is 48.1 Å². The predicted molar refractivity (Wildman–Crippen MR) is 110 cm³/mol. The van der Waals surface area contributed by atoms with Gasteiger partial charge >= 0.3 is 0 Å². The van der Waals surface area contributed by atoms with Gasteiger partial charge in [0.2, 0.25) is 5.91 Å². The van der Waals surface area contributed by atoms with Gasteiger partial charge in [0, 0.05) is 11.8 Å². The van der Waals surface area contributed by atoms with Gasteiger partial charge in [-0.25, -0.2) is 0 Å². The quantitative estimate of drug-likeness (QED) is 0.486. The molecule has 0 aliphatic carbocycles. The van der Waals surface area contributed by atoms with Gasteiger partial charge in [-0.15, -0.1) is 21.5 Å². The molecule has 138 valence electrons. The third-order valence-corrected chi connectivity index (χ3v) is 6.45. The number of hydrogen-bond acceptors (Lipinski definition) is 6. The normalized spacial score (nSPS) is 12.4. The molecule has 1 amide bonds. The first-order valence-corrected chi connectivity index (χ1v) is 10.3. The number of thiophene rings is 1. The molecule has 0 saturated heterocycles. The van der Waals surface area contributed by atoms with Gasteiger partial charge in [-0.05, 0) is 36.1 Å². The Bertz CT molecular complexity index is 1110. The van der Waals surface area contributed by atoms with Gasteiger partial charge in [0.15, 0.2) is 0 Å². The van der Waals surface area contributed by atoms with Gasteiger partial charge in [0.25, 0.3) is 0 Å². The number of thioether (sulfide) groups is 1. The highest BCUT2D eigenvalue weighted by Gasteiger charge is 2.21. The summed E-state index contributed by atoms with van der Waals surface area (Å²) in [5, 5.41) is 13.9. The van der Waals surface area contributed by atoms with E-state index in [1.54, 1.807) is 30.8 Å². The molecule has 0 aliphatic heterocycles. The Hall–Kier alpha value is -2.58. The van der Waals surface area contributed by atoms with E-state index in [1.165, 1.54) is 16.5 Å². The third-order valence-electron chi connectivity index (χ3n) is 4.25. The lowest BCUT2D eigenvalue weighted by Crippen LogP contribution is -2.24. The minimum absolute atomic E-state index is 0.0621. The van der Waals surface area contributed by atoms with Gasteiger partial charge in [-0.1, -0.05) is 24.8 Å². The number of nitrogens with one attached hydrogen (secondary N) is 1. The lowest BCUT2D eigenvalue weighted by Gasteiger charge is -2.15. The maximum Gasteiger partial charge on any atom is 0.237 e. The number of rotatable bonds is 6. The third kappa shape index (κ3) is 3.50. The number of nitrogens with zero attached hydrogens (tertiary/aromatic N) is 3. The second-order valence-electron chi connectivity index (χ2n) is 5.94. The summed E-state index contributed by atoms with van der Waals surface area (Å²) in [4.78, 5) is 12.8. The predicted octanol–water partition coefficient (Wildman–Crippen LogP) is 4.46. The summed E-state index contributed by atoms with van der Waals surface area (Å²) in [7, 11) is 1.60. The SMILES string of the molecule is CCC(Sc1nncn2c1cc1sccc12)C(=O)Nc1cccc(OC)c1. The van der Waals surface area contributed by atoms with Crippen LogP contribution in [0.4, 0.5) is 5.69 Å². The molecule has 6 nitrogen and oxygen atoms in total. The van der Waals surface area contributed by atoms with Gasteiger partial charge in [-0.2, -0.15) is 0 Å². The molecule has 4 rings (SSSR count). The van der Waals surface area contributed by atoms with Crippen molar-refractivity contribution in [2.75, 3.05) is 12.4 Å². The van der Waals surface area contributed by atoms with Gasteiger partial charge in [0.05, 0.1) is 28.1 Å². The summed E-state index contributed by atoms with van der Waals surface area (Å²) in [6.07, 6.45) is 2.39. The average molecular weight is 399 g/mol. The van der Waals surface area contributed by atoms with Crippen LogP contribution in [-0.4, -0.2) is 32.9 Å². The Labute approximate surface area is 164 Å². The topological polar surface area (TPSA) is 68.5 Å². The molecule has 1 unspecified atom stereocenters. The maximum absolute atomic E-state index is 12.8. The number of carbonyl (C=O) groups is 1. The lowest BCUT2D eigenvalue weighted by molar-refractivity contribution is -0.115. The van der Waals surface area contributed by atoms with Crippen LogP contribution in [0.1, 0.15) is 13.3 Å². The first kappa shape index (κ1) is 17.8. The zero-order valence-electron chi connectivity index (χ0n) is 14.9. The molecule has 8 heteroatoms. The Morgan fingerprint density at radius 3 is 3.04 bits per heavy atom. The van der Waals surface area contributed by atoms with Gasteiger partial charge in [-0.3, -0.25) is 9.20 Å². The molecule has 1 atom stereocenters. The Kier molecular flexibility index (Phi) is 5.00. The molecule has 0 bridgehead atoms. The van der Waals surface area contributed by atoms with E-state index in [-0.39, 0.29) is 11.2 Å². The standard InChI is InChI=1S/C19H18N4O2S2/c1-3-16(18(24)21-12-5-4-6-13(9-12)25-2)27-19-15-10-17-14(7-8-26-17)23(15)11-20-22-19/h4-11,16H,3H2,1-2H3,(H,21,24). The van der Waals surface area contributed by atoms with E-state index in [0.717, 1.165) is 16.1 Å². The molecular weight excluding hydrogens is 380 g/mol.